The Labute approximate surface area is 156 Å². The maximum atomic E-state index is 12.3. The quantitative estimate of drug-likeness (QED) is 0.815. The van der Waals surface area contributed by atoms with E-state index in [4.69, 9.17) is 0 Å². The monoisotopic (exact) mass is 396 g/mol. The number of rotatable bonds is 2. The summed E-state index contributed by atoms with van der Waals surface area (Å²) < 4.78 is 1.06. The number of carbonyl (C=O) groups is 1. The lowest BCUT2D eigenvalue weighted by Gasteiger charge is -2.40. The molecule has 0 unspecified atom stereocenters. The first-order chi connectivity index (χ1) is 11.8. The number of aryl methyl sites for hydroxylation is 1. The highest BCUT2D eigenvalue weighted by Crippen LogP contribution is 2.53. The van der Waals surface area contributed by atoms with Crippen molar-refractivity contribution in [2.45, 2.75) is 31.8 Å². The molecule has 128 valence electrons. The van der Waals surface area contributed by atoms with Crippen molar-refractivity contribution in [2.75, 3.05) is 11.4 Å². The van der Waals surface area contributed by atoms with Gasteiger partial charge in [0.05, 0.1) is 6.54 Å². The topological polar surface area (TPSA) is 32.3 Å². The molecule has 25 heavy (non-hydrogen) atoms. The van der Waals surface area contributed by atoms with Crippen LogP contribution in [0.1, 0.15) is 30.5 Å². The second-order valence-electron chi connectivity index (χ2n) is 7.43. The SMILES string of the molecule is Cc1ccc2c(c1)C(C)(C)[C@]1(/C=C/c3ccc(Br)cc3)NC(=O)CN21. The zero-order valence-corrected chi connectivity index (χ0v) is 16.2. The summed E-state index contributed by atoms with van der Waals surface area (Å²) in [6.07, 6.45) is 4.25. The van der Waals surface area contributed by atoms with E-state index in [0.29, 0.717) is 6.54 Å². The summed E-state index contributed by atoms with van der Waals surface area (Å²) in [5.74, 6) is 0.0692. The molecule has 1 saturated heterocycles. The van der Waals surface area contributed by atoms with Gasteiger partial charge in [-0.3, -0.25) is 4.79 Å². The summed E-state index contributed by atoms with van der Waals surface area (Å²) in [6.45, 7) is 6.93. The van der Waals surface area contributed by atoms with Crippen LogP contribution in [0.25, 0.3) is 6.08 Å². The second kappa shape index (κ2) is 5.46. The summed E-state index contributed by atoms with van der Waals surface area (Å²) in [5, 5.41) is 3.26. The van der Waals surface area contributed by atoms with Crippen LogP contribution in [0.2, 0.25) is 0 Å². The van der Waals surface area contributed by atoms with E-state index in [1.165, 1.54) is 11.1 Å². The van der Waals surface area contributed by atoms with Gasteiger partial charge in [0.2, 0.25) is 5.91 Å². The lowest BCUT2D eigenvalue weighted by Crippen LogP contribution is -2.58. The smallest absolute Gasteiger partial charge is 0.241 e. The van der Waals surface area contributed by atoms with Crippen LogP contribution in [0.3, 0.4) is 0 Å². The van der Waals surface area contributed by atoms with E-state index in [9.17, 15) is 4.79 Å². The van der Waals surface area contributed by atoms with Gasteiger partial charge in [-0.05, 0) is 42.3 Å². The molecule has 0 aromatic heterocycles. The first-order valence-corrected chi connectivity index (χ1v) is 9.27. The van der Waals surface area contributed by atoms with Crippen LogP contribution in [0, 0.1) is 6.92 Å². The normalized spacial score (nSPS) is 23.7. The van der Waals surface area contributed by atoms with Crippen molar-refractivity contribution in [3.8, 4) is 0 Å². The average molecular weight is 397 g/mol. The molecule has 4 heteroatoms. The molecule has 2 aliphatic heterocycles. The van der Waals surface area contributed by atoms with Crippen LogP contribution in [0.15, 0.2) is 53.0 Å². The van der Waals surface area contributed by atoms with Crippen molar-refractivity contribution in [3.63, 3.8) is 0 Å². The molecule has 2 heterocycles. The first kappa shape index (κ1) is 16.4. The third-order valence-corrected chi connectivity index (χ3v) is 6.04. The van der Waals surface area contributed by atoms with E-state index in [-0.39, 0.29) is 11.3 Å². The highest BCUT2D eigenvalue weighted by atomic mass is 79.9. The largest absolute Gasteiger partial charge is 0.335 e. The minimum absolute atomic E-state index is 0.0692. The maximum Gasteiger partial charge on any atom is 0.241 e. The Morgan fingerprint density at radius 2 is 1.88 bits per heavy atom. The van der Waals surface area contributed by atoms with E-state index in [1.807, 2.05) is 12.1 Å². The van der Waals surface area contributed by atoms with Crippen LogP contribution in [0.4, 0.5) is 5.69 Å². The van der Waals surface area contributed by atoms with Gasteiger partial charge in [0, 0.05) is 15.6 Å². The van der Waals surface area contributed by atoms with E-state index in [2.05, 4.69) is 89.4 Å². The van der Waals surface area contributed by atoms with Crippen molar-refractivity contribution in [2.24, 2.45) is 0 Å². The standard InChI is InChI=1S/C21H21BrN2O/c1-14-4-9-18-17(12-14)20(2,3)21(23-19(25)13-24(18)21)11-10-15-5-7-16(22)8-6-15/h4-12H,13H2,1-3H3,(H,23,25)/b11-10+/t21-/m1/s1. The predicted octanol–water partition coefficient (Wildman–Crippen LogP) is 4.39. The van der Waals surface area contributed by atoms with Gasteiger partial charge in [-0.15, -0.1) is 0 Å². The summed E-state index contributed by atoms with van der Waals surface area (Å²) in [6, 6.07) is 14.7. The van der Waals surface area contributed by atoms with Crippen molar-refractivity contribution >= 4 is 33.6 Å². The van der Waals surface area contributed by atoms with Gasteiger partial charge in [-0.2, -0.15) is 0 Å². The van der Waals surface area contributed by atoms with Crippen LogP contribution in [0.5, 0.6) is 0 Å². The Balaban J connectivity index is 1.83. The Kier molecular flexibility index (Phi) is 3.58. The molecule has 1 fully saturated rings. The van der Waals surface area contributed by atoms with Crippen LogP contribution in [-0.4, -0.2) is 18.1 Å². The van der Waals surface area contributed by atoms with Crippen molar-refractivity contribution in [1.29, 1.82) is 0 Å². The number of benzene rings is 2. The second-order valence-corrected chi connectivity index (χ2v) is 8.35. The Hall–Kier alpha value is -2.07. The van der Waals surface area contributed by atoms with Gasteiger partial charge < -0.3 is 10.2 Å². The molecule has 2 aromatic carbocycles. The Morgan fingerprint density at radius 1 is 1.16 bits per heavy atom. The number of hydrogen-bond donors (Lipinski definition) is 1. The number of hydrogen-bond acceptors (Lipinski definition) is 2. The molecule has 3 nitrogen and oxygen atoms in total. The molecule has 1 amide bonds. The molecule has 0 saturated carbocycles. The van der Waals surface area contributed by atoms with Crippen molar-refractivity contribution in [1.82, 2.24) is 5.32 Å². The fourth-order valence-electron chi connectivity index (χ4n) is 4.08. The van der Waals surface area contributed by atoms with Crippen molar-refractivity contribution in [3.05, 3.63) is 69.7 Å². The van der Waals surface area contributed by atoms with E-state index < -0.39 is 5.66 Å². The highest BCUT2D eigenvalue weighted by molar-refractivity contribution is 9.10. The molecule has 2 aromatic rings. The third kappa shape index (κ3) is 2.35. The molecule has 0 radical (unpaired) electrons. The summed E-state index contributed by atoms with van der Waals surface area (Å²) in [7, 11) is 0. The summed E-state index contributed by atoms with van der Waals surface area (Å²) in [5.41, 5.74) is 4.02. The summed E-state index contributed by atoms with van der Waals surface area (Å²) >= 11 is 3.47. The average Bonchev–Trinajstić information content (AvgIpc) is 2.99. The number of amides is 1. The first-order valence-electron chi connectivity index (χ1n) is 8.48. The lowest BCUT2D eigenvalue weighted by atomic mass is 9.75. The third-order valence-electron chi connectivity index (χ3n) is 5.51. The van der Waals surface area contributed by atoms with Gasteiger partial charge >= 0.3 is 0 Å². The van der Waals surface area contributed by atoms with Gasteiger partial charge in [-0.25, -0.2) is 0 Å². The number of anilines is 1. The van der Waals surface area contributed by atoms with E-state index in [0.717, 1.165) is 15.7 Å². The molecular formula is C21H21BrN2O. The van der Waals surface area contributed by atoms with Gasteiger partial charge in [0.25, 0.3) is 0 Å². The summed E-state index contributed by atoms with van der Waals surface area (Å²) in [4.78, 5) is 14.5. The fourth-order valence-corrected chi connectivity index (χ4v) is 4.34. The molecular weight excluding hydrogens is 376 g/mol. The number of halogens is 1. The zero-order valence-electron chi connectivity index (χ0n) is 14.6. The van der Waals surface area contributed by atoms with Gasteiger partial charge in [0.15, 0.2) is 0 Å². The molecule has 1 atom stereocenters. The minimum atomic E-state index is -0.534. The maximum absolute atomic E-state index is 12.3. The fraction of sp³-hybridized carbons (Fsp3) is 0.286. The number of nitrogens with one attached hydrogen (secondary N) is 1. The van der Waals surface area contributed by atoms with E-state index in [1.54, 1.807) is 0 Å². The number of nitrogens with zero attached hydrogens (tertiary/aromatic N) is 1. The molecule has 4 rings (SSSR count). The van der Waals surface area contributed by atoms with Crippen LogP contribution < -0.4 is 10.2 Å². The van der Waals surface area contributed by atoms with Gasteiger partial charge in [0.1, 0.15) is 5.66 Å². The Bertz CT molecular complexity index is 885. The van der Waals surface area contributed by atoms with Crippen molar-refractivity contribution < 1.29 is 4.79 Å². The van der Waals surface area contributed by atoms with Gasteiger partial charge in [-0.1, -0.05) is 65.7 Å². The predicted molar refractivity (Wildman–Crippen MR) is 106 cm³/mol. The minimum Gasteiger partial charge on any atom is -0.335 e. The highest BCUT2D eigenvalue weighted by Gasteiger charge is 2.59. The van der Waals surface area contributed by atoms with Crippen LogP contribution >= 0.6 is 15.9 Å². The number of carbonyl (C=O) groups excluding carboxylic acids is 1. The van der Waals surface area contributed by atoms with E-state index >= 15 is 0 Å². The molecule has 0 spiro atoms. The molecule has 0 bridgehead atoms. The lowest BCUT2D eigenvalue weighted by molar-refractivity contribution is -0.118. The zero-order chi connectivity index (χ0) is 17.8. The molecule has 1 N–H and O–H groups in total. The Morgan fingerprint density at radius 3 is 2.60 bits per heavy atom. The molecule has 0 aliphatic carbocycles. The van der Waals surface area contributed by atoms with Crippen LogP contribution in [-0.2, 0) is 10.2 Å². The number of fused-ring (bicyclic) bond motifs is 3. The molecule has 2 aliphatic rings.